The number of unbranched alkanes of at least 4 members (excludes halogenated alkanes) is 8. The van der Waals surface area contributed by atoms with E-state index in [0.29, 0.717) is 6.42 Å². The molecular formula is C15H28NO3Zn-. The van der Waals surface area contributed by atoms with Gasteiger partial charge in [-0.25, -0.2) is 0 Å². The molecule has 0 unspecified atom stereocenters. The number of aliphatic carboxylic acids is 1. The summed E-state index contributed by atoms with van der Waals surface area (Å²) in [6.07, 6.45) is 11.2. The van der Waals surface area contributed by atoms with Gasteiger partial charge in [0.15, 0.2) is 0 Å². The molecule has 0 heterocycles. The van der Waals surface area contributed by atoms with Gasteiger partial charge in [0.2, 0.25) is 5.91 Å². The van der Waals surface area contributed by atoms with E-state index in [1.54, 1.807) is 0 Å². The van der Waals surface area contributed by atoms with Gasteiger partial charge in [0.05, 0.1) is 0 Å². The van der Waals surface area contributed by atoms with Crippen molar-refractivity contribution in [3.8, 4) is 0 Å². The van der Waals surface area contributed by atoms with Gasteiger partial charge in [-0.2, -0.15) is 0 Å². The maximum Gasteiger partial charge on any atom is 0.294 e. The van der Waals surface area contributed by atoms with Crippen LogP contribution in [0.1, 0.15) is 71.1 Å². The minimum absolute atomic E-state index is 0. The van der Waals surface area contributed by atoms with E-state index < -0.39 is 12.0 Å². The Morgan fingerprint density at radius 1 is 1.00 bits per heavy atom. The molecule has 5 heteroatoms. The SMILES string of the molecule is [CH2-][C@H](NC(=O)CCCCCCCCCCC)C(=O)O.[Zn]. The Labute approximate surface area is 135 Å². The summed E-state index contributed by atoms with van der Waals surface area (Å²) in [7, 11) is 0. The van der Waals surface area contributed by atoms with Crippen molar-refractivity contribution in [3.63, 3.8) is 0 Å². The molecule has 0 aliphatic heterocycles. The third-order valence-corrected chi connectivity index (χ3v) is 3.14. The van der Waals surface area contributed by atoms with Crippen molar-refractivity contribution in [2.45, 2.75) is 77.2 Å². The number of carbonyl (C=O) groups is 2. The quantitative estimate of drug-likeness (QED) is 0.327. The summed E-state index contributed by atoms with van der Waals surface area (Å²) in [5.74, 6) is -1.31. The average molecular weight is 336 g/mol. The molecule has 0 aromatic carbocycles. The van der Waals surface area contributed by atoms with Crippen molar-refractivity contribution in [2.75, 3.05) is 0 Å². The Kier molecular flexibility index (Phi) is 16.3. The molecule has 0 spiro atoms. The molecule has 0 aliphatic carbocycles. The second-order valence-corrected chi connectivity index (χ2v) is 5.04. The van der Waals surface area contributed by atoms with Crippen LogP contribution < -0.4 is 5.32 Å². The number of nitrogens with one attached hydrogen (secondary N) is 1. The van der Waals surface area contributed by atoms with E-state index in [4.69, 9.17) is 5.11 Å². The van der Waals surface area contributed by atoms with Crippen molar-refractivity contribution in [1.29, 1.82) is 0 Å². The van der Waals surface area contributed by atoms with Gasteiger partial charge in [-0.1, -0.05) is 58.3 Å². The first-order chi connectivity index (χ1) is 9.07. The zero-order valence-corrected chi connectivity index (χ0v) is 15.8. The average Bonchev–Trinajstić information content (AvgIpc) is 2.36. The van der Waals surface area contributed by atoms with Crippen molar-refractivity contribution < 1.29 is 34.2 Å². The van der Waals surface area contributed by atoms with Gasteiger partial charge < -0.3 is 17.3 Å². The summed E-state index contributed by atoms with van der Waals surface area (Å²) >= 11 is 0. The normalized spacial score (nSPS) is 11.5. The number of rotatable bonds is 12. The summed E-state index contributed by atoms with van der Waals surface area (Å²) in [5.41, 5.74) is 0. The van der Waals surface area contributed by atoms with E-state index in [0.717, 1.165) is 19.3 Å². The maximum absolute atomic E-state index is 11.4. The predicted molar refractivity (Wildman–Crippen MR) is 76.8 cm³/mol. The molecule has 0 saturated heterocycles. The third-order valence-electron chi connectivity index (χ3n) is 3.14. The smallest absolute Gasteiger partial charge is 0.294 e. The zero-order chi connectivity index (χ0) is 14.5. The van der Waals surface area contributed by atoms with Gasteiger partial charge >= 0.3 is 0 Å². The Bertz CT molecular complexity index is 260. The maximum atomic E-state index is 11.4. The summed E-state index contributed by atoms with van der Waals surface area (Å²) in [6, 6.07) is -1.04. The van der Waals surface area contributed by atoms with Crippen LogP contribution in [0.25, 0.3) is 0 Å². The van der Waals surface area contributed by atoms with Crippen LogP contribution in [0.2, 0.25) is 0 Å². The molecule has 0 saturated carbocycles. The van der Waals surface area contributed by atoms with E-state index in [1.165, 1.54) is 38.5 Å². The van der Waals surface area contributed by atoms with Crippen LogP contribution in [0.3, 0.4) is 0 Å². The monoisotopic (exact) mass is 334 g/mol. The van der Waals surface area contributed by atoms with Crippen molar-refractivity contribution in [3.05, 3.63) is 6.92 Å². The summed E-state index contributed by atoms with van der Waals surface area (Å²) in [6.45, 7) is 5.55. The Morgan fingerprint density at radius 2 is 1.45 bits per heavy atom. The largest absolute Gasteiger partial charge is 0.482 e. The second-order valence-electron chi connectivity index (χ2n) is 5.04. The number of carboxylic acid groups (broad SMARTS) is 1. The molecule has 2 N–H and O–H groups in total. The van der Waals surface area contributed by atoms with Crippen molar-refractivity contribution >= 4 is 11.9 Å². The fraction of sp³-hybridized carbons (Fsp3) is 0.800. The molecule has 0 rings (SSSR count). The molecule has 114 valence electrons. The van der Waals surface area contributed by atoms with E-state index in [2.05, 4.69) is 19.2 Å². The van der Waals surface area contributed by atoms with Crippen LogP contribution in [0.4, 0.5) is 0 Å². The molecule has 0 aromatic heterocycles. The van der Waals surface area contributed by atoms with Crippen LogP contribution >= 0.6 is 0 Å². The van der Waals surface area contributed by atoms with E-state index in [9.17, 15) is 9.59 Å². The molecule has 1 atom stereocenters. The molecule has 4 nitrogen and oxygen atoms in total. The first-order valence-electron chi connectivity index (χ1n) is 7.43. The Balaban J connectivity index is 0. The molecule has 0 aromatic rings. The number of hydrogen-bond acceptors (Lipinski definition) is 2. The third kappa shape index (κ3) is 14.0. The Morgan fingerprint density at radius 3 is 1.90 bits per heavy atom. The van der Waals surface area contributed by atoms with Gasteiger partial charge in [0, 0.05) is 31.9 Å². The minimum Gasteiger partial charge on any atom is -0.482 e. The number of carbonyl (C=O) groups excluding carboxylic acids is 1. The van der Waals surface area contributed by atoms with Gasteiger partial charge in [0.1, 0.15) is 0 Å². The fourth-order valence-corrected chi connectivity index (χ4v) is 1.92. The second kappa shape index (κ2) is 15.0. The van der Waals surface area contributed by atoms with Crippen molar-refractivity contribution in [1.82, 2.24) is 5.32 Å². The molecular weight excluding hydrogens is 308 g/mol. The predicted octanol–water partition coefficient (Wildman–Crippen LogP) is 3.31. The van der Waals surface area contributed by atoms with Gasteiger partial charge in [-0.05, 0) is 6.42 Å². The summed E-state index contributed by atoms with van der Waals surface area (Å²) in [4.78, 5) is 21.8. The van der Waals surface area contributed by atoms with E-state index >= 15 is 0 Å². The topological polar surface area (TPSA) is 66.4 Å². The first kappa shape index (κ1) is 21.9. The van der Waals surface area contributed by atoms with Crippen LogP contribution in [-0.4, -0.2) is 23.0 Å². The molecule has 0 aliphatic rings. The van der Waals surface area contributed by atoms with Gasteiger partial charge in [-0.3, -0.25) is 9.59 Å². The first-order valence-corrected chi connectivity index (χ1v) is 7.43. The molecule has 0 bridgehead atoms. The molecule has 0 fully saturated rings. The van der Waals surface area contributed by atoms with Crippen molar-refractivity contribution in [2.24, 2.45) is 0 Å². The summed E-state index contributed by atoms with van der Waals surface area (Å²) < 4.78 is 0. The van der Waals surface area contributed by atoms with Gasteiger partial charge in [-0.15, -0.1) is 0 Å². The molecule has 20 heavy (non-hydrogen) atoms. The fourth-order valence-electron chi connectivity index (χ4n) is 1.92. The Hall–Kier alpha value is -0.437. The number of amides is 1. The van der Waals surface area contributed by atoms with Crippen LogP contribution in [0.15, 0.2) is 0 Å². The van der Waals surface area contributed by atoms with Crippen LogP contribution in [-0.2, 0) is 29.1 Å². The standard InChI is InChI=1S/C15H28NO3.Zn/c1-3-4-5-6-7-8-9-10-11-12-14(17)16-13(2)15(18)19;/h13H,2-12H2,1H3,(H,16,17)(H,18,19);/q-1;/t13-;/m0./s1. The number of carboxylic acids is 1. The van der Waals surface area contributed by atoms with Crippen LogP contribution in [0.5, 0.6) is 0 Å². The summed E-state index contributed by atoms with van der Waals surface area (Å²) in [5, 5.41) is 10.9. The molecule has 1 amide bonds. The number of hydrogen-bond donors (Lipinski definition) is 2. The van der Waals surface area contributed by atoms with Gasteiger partial charge in [0.25, 0.3) is 5.97 Å². The van der Waals surface area contributed by atoms with Crippen LogP contribution in [0, 0.1) is 6.92 Å². The molecule has 0 radical (unpaired) electrons. The zero-order valence-electron chi connectivity index (χ0n) is 12.8. The van der Waals surface area contributed by atoms with E-state index in [-0.39, 0.29) is 25.4 Å². The minimum atomic E-state index is -1.10. The van der Waals surface area contributed by atoms with E-state index in [1.807, 2.05) is 0 Å².